The lowest BCUT2D eigenvalue weighted by atomic mass is 10.0. The minimum Gasteiger partial charge on any atom is -0.474 e. The van der Waals surface area contributed by atoms with Gasteiger partial charge in [-0.25, -0.2) is 18.4 Å². The number of ether oxygens (including phenoxy) is 1. The van der Waals surface area contributed by atoms with Crippen LogP contribution in [-0.2, 0) is 10.0 Å². The number of hydrogen-bond acceptors (Lipinski definition) is 8. The smallest absolute Gasteiger partial charge is 0.251 e. The Bertz CT molecular complexity index is 1240. The van der Waals surface area contributed by atoms with E-state index in [0.29, 0.717) is 46.4 Å². The van der Waals surface area contributed by atoms with E-state index in [1.165, 1.54) is 6.33 Å². The lowest BCUT2D eigenvalue weighted by molar-refractivity contribution is 0.0909. The molecule has 12 heteroatoms. The molecule has 1 aliphatic carbocycles. The molecule has 1 amide bonds. The minimum atomic E-state index is -3.19. The number of carbonyl (C=O) groups is 1. The maximum Gasteiger partial charge on any atom is 0.251 e. The van der Waals surface area contributed by atoms with Crippen molar-refractivity contribution in [2.75, 3.05) is 18.5 Å². The molecule has 2 saturated heterocycles. The van der Waals surface area contributed by atoms with Crippen molar-refractivity contribution in [1.29, 1.82) is 0 Å². The van der Waals surface area contributed by atoms with Gasteiger partial charge in [-0.1, -0.05) is 11.6 Å². The molecule has 2 atom stereocenters. The van der Waals surface area contributed by atoms with E-state index in [1.54, 1.807) is 22.5 Å². The number of aliphatic hydroxyl groups is 1. The van der Waals surface area contributed by atoms with E-state index < -0.39 is 10.0 Å². The number of piperidine rings is 1. The van der Waals surface area contributed by atoms with E-state index in [-0.39, 0.29) is 42.5 Å². The first-order valence-electron chi connectivity index (χ1n) is 12.2. The molecule has 3 heterocycles. The maximum atomic E-state index is 12.9. The summed E-state index contributed by atoms with van der Waals surface area (Å²) in [6.07, 6.45) is 5.90. The number of nitrogens with zero attached hydrogens (tertiary/aromatic N) is 3. The summed E-state index contributed by atoms with van der Waals surface area (Å²) in [6, 6.07) is 4.85. The Balaban J connectivity index is 1.26. The van der Waals surface area contributed by atoms with E-state index >= 15 is 0 Å². The molecule has 194 valence electrons. The van der Waals surface area contributed by atoms with Gasteiger partial charge in [-0.3, -0.25) is 4.79 Å². The highest BCUT2D eigenvalue weighted by atomic mass is 35.5. The Morgan fingerprint density at radius 3 is 2.56 bits per heavy atom. The van der Waals surface area contributed by atoms with Crippen LogP contribution in [0, 0.1) is 6.92 Å². The molecule has 2 bridgehead atoms. The zero-order valence-electron chi connectivity index (χ0n) is 20.0. The third-order valence-electron chi connectivity index (χ3n) is 7.06. The SMILES string of the molecule is Cc1c(Nc2ccc(C(=O)NCCO)cc2Cl)ncnc1OC1CC2CCC(C1)N2S(=O)(=O)C1CC1. The van der Waals surface area contributed by atoms with Crippen molar-refractivity contribution in [3.05, 3.63) is 40.7 Å². The van der Waals surface area contributed by atoms with Crippen LogP contribution in [0.5, 0.6) is 5.88 Å². The number of carbonyl (C=O) groups excluding carboxylic acids is 1. The average molecular weight is 536 g/mol. The van der Waals surface area contributed by atoms with E-state index in [2.05, 4.69) is 20.6 Å². The monoisotopic (exact) mass is 535 g/mol. The average Bonchev–Trinajstić information content (AvgIpc) is 3.67. The fourth-order valence-electron chi connectivity index (χ4n) is 5.13. The Morgan fingerprint density at radius 1 is 1.19 bits per heavy atom. The predicted molar refractivity (Wildman–Crippen MR) is 135 cm³/mol. The molecule has 3 N–H and O–H groups in total. The summed E-state index contributed by atoms with van der Waals surface area (Å²) >= 11 is 6.40. The van der Waals surface area contributed by atoms with E-state index in [9.17, 15) is 13.2 Å². The Morgan fingerprint density at radius 2 is 1.92 bits per heavy atom. The van der Waals surface area contributed by atoms with Crippen LogP contribution in [0.1, 0.15) is 54.4 Å². The number of halogens is 1. The summed E-state index contributed by atoms with van der Waals surface area (Å²) in [6.45, 7) is 1.87. The first kappa shape index (κ1) is 25.2. The Labute approximate surface area is 215 Å². The molecule has 0 spiro atoms. The highest BCUT2D eigenvalue weighted by molar-refractivity contribution is 7.90. The molecule has 0 radical (unpaired) electrons. The van der Waals surface area contributed by atoms with E-state index in [4.69, 9.17) is 21.4 Å². The molecule has 2 aliphatic heterocycles. The number of anilines is 2. The van der Waals surface area contributed by atoms with Crippen molar-refractivity contribution >= 4 is 39.0 Å². The molecule has 36 heavy (non-hydrogen) atoms. The van der Waals surface area contributed by atoms with Gasteiger partial charge in [0.15, 0.2) is 0 Å². The lowest BCUT2D eigenvalue weighted by Crippen LogP contribution is -2.50. The number of nitrogens with one attached hydrogen (secondary N) is 2. The van der Waals surface area contributed by atoms with E-state index in [0.717, 1.165) is 25.7 Å². The molecule has 1 saturated carbocycles. The molecule has 2 aromatic rings. The van der Waals surface area contributed by atoms with Crippen LogP contribution >= 0.6 is 11.6 Å². The second kappa shape index (κ2) is 10.1. The number of aliphatic hydroxyl groups excluding tert-OH is 1. The van der Waals surface area contributed by atoms with Gasteiger partial charge in [0.05, 0.1) is 28.1 Å². The third kappa shape index (κ3) is 5.02. The fraction of sp³-hybridized carbons (Fsp3) is 0.542. The van der Waals surface area contributed by atoms with Gasteiger partial charge in [0.2, 0.25) is 15.9 Å². The first-order chi connectivity index (χ1) is 17.3. The van der Waals surface area contributed by atoms with Gasteiger partial charge in [-0.2, -0.15) is 4.31 Å². The zero-order chi connectivity index (χ0) is 25.4. The topological polar surface area (TPSA) is 134 Å². The predicted octanol–water partition coefficient (Wildman–Crippen LogP) is 2.77. The standard InChI is InChI=1S/C24H30ClN5O5S/c1-14-22(29-21-7-2-15(10-20(21)25)23(32)26-8-9-31)27-13-28-24(14)35-18-11-16-3-4-17(12-18)30(16)36(33,34)19-5-6-19/h2,7,10,13,16-19,31H,3-6,8-9,11-12H2,1H3,(H,26,32)(H,27,28,29). The second-order valence-corrected chi connectivity index (χ2v) is 12.1. The highest BCUT2D eigenvalue weighted by Gasteiger charge is 2.52. The molecule has 1 aromatic heterocycles. The summed E-state index contributed by atoms with van der Waals surface area (Å²) in [5.41, 5.74) is 1.66. The number of hydrogen-bond donors (Lipinski definition) is 3. The van der Waals surface area contributed by atoms with Crippen LogP contribution in [0.3, 0.4) is 0 Å². The third-order valence-corrected chi connectivity index (χ3v) is 9.87. The number of rotatable bonds is 9. The summed E-state index contributed by atoms with van der Waals surface area (Å²) < 4.78 is 33.8. The van der Waals surface area contributed by atoms with Crippen molar-refractivity contribution in [2.45, 2.75) is 68.9 Å². The number of amides is 1. The zero-order valence-corrected chi connectivity index (χ0v) is 21.6. The van der Waals surface area contributed by atoms with Crippen molar-refractivity contribution < 1.29 is 23.1 Å². The number of aromatic nitrogens is 2. The minimum absolute atomic E-state index is 0.00834. The molecular weight excluding hydrogens is 506 g/mol. The Kier molecular flexibility index (Phi) is 7.08. The maximum absolute atomic E-state index is 12.9. The van der Waals surface area contributed by atoms with Crippen LogP contribution in [0.15, 0.2) is 24.5 Å². The number of fused-ring (bicyclic) bond motifs is 2. The van der Waals surface area contributed by atoms with Crippen molar-refractivity contribution in [1.82, 2.24) is 19.6 Å². The molecule has 10 nitrogen and oxygen atoms in total. The normalized spacial score (nSPS) is 23.9. The summed E-state index contributed by atoms with van der Waals surface area (Å²) in [5.74, 6) is 0.652. The summed E-state index contributed by atoms with van der Waals surface area (Å²) in [7, 11) is -3.19. The second-order valence-electron chi connectivity index (χ2n) is 9.62. The van der Waals surface area contributed by atoms with Gasteiger partial charge >= 0.3 is 0 Å². The first-order valence-corrected chi connectivity index (χ1v) is 14.1. The molecular formula is C24H30ClN5O5S. The number of benzene rings is 1. The fourth-order valence-corrected chi connectivity index (χ4v) is 7.65. The van der Waals surface area contributed by atoms with Gasteiger partial charge in [-0.15, -0.1) is 0 Å². The van der Waals surface area contributed by atoms with Crippen LogP contribution < -0.4 is 15.4 Å². The van der Waals surface area contributed by atoms with Crippen LogP contribution in [0.2, 0.25) is 5.02 Å². The van der Waals surface area contributed by atoms with Crippen LogP contribution in [0.25, 0.3) is 0 Å². The van der Waals surface area contributed by atoms with Crippen molar-refractivity contribution in [3.8, 4) is 5.88 Å². The largest absolute Gasteiger partial charge is 0.474 e. The molecule has 5 rings (SSSR count). The molecule has 2 unspecified atom stereocenters. The van der Waals surface area contributed by atoms with Crippen LogP contribution in [-0.4, -0.2) is 70.3 Å². The van der Waals surface area contributed by atoms with Crippen molar-refractivity contribution in [3.63, 3.8) is 0 Å². The van der Waals surface area contributed by atoms with Gasteiger partial charge in [0.1, 0.15) is 18.2 Å². The highest BCUT2D eigenvalue weighted by Crippen LogP contribution is 2.44. The van der Waals surface area contributed by atoms with Gasteiger partial charge in [-0.05, 0) is 50.8 Å². The molecule has 3 fully saturated rings. The van der Waals surface area contributed by atoms with Crippen molar-refractivity contribution in [2.24, 2.45) is 0 Å². The summed E-state index contributed by atoms with van der Waals surface area (Å²) in [4.78, 5) is 20.8. The number of sulfonamides is 1. The summed E-state index contributed by atoms with van der Waals surface area (Å²) in [5, 5.41) is 14.8. The van der Waals surface area contributed by atoms with E-state index in [1.807, 2.05) is 6.92 Å². The van der Waals surface area contributed by atoms with Gasteiger partial charge in [0, 0.05) is 37.0 Å². The quantitative estimate of drug-likeness (QED) is 0.446. The van der Waals surface area contributed by atoms with Gasteiger partial charge in [0.25, 0.3) is 5.91 Å². The van der Waals surface area contributed by atoms with Crippen LogP contribution in [0.4, 0.5) is 11.5 Å². The van der Waals surface area contributed by atoms with Gasteiger partial charge < -0.3 is 20.5 Å². The lowest BCUT2D eigenvalue weighted by Gasteiger charge is -2.37. The molecule has 3 aliphatic rings. The molecule has 1 aromatic carbocycles. The Hall–Kier alpha value is -2.47.